The van der Waals surface area contributed by atoms with Crippen LogP contribution >= 0.6 is 0 Å². The van der Waals surface area contributed by atoms with Gasteiger partial charge in [0, 0.05) is 6.42 Å². The molecule has 88 valence electrons. The van der Waals surface area contributed by atoms with Crippen LogP contribution in [-0.2, 0) is 9.53 Å². The van der Waals surface area contributed by atoms with Crippen LogP contribution in [0.1, 0.15) is 31.9 Å². The number of ether oxygens (including phenoxy) is 1. The third kappa shape index (κ3) is 3.64. The second-order valence-electron chi connectivity index (χ2n) is 4.44. The lowest BCUT2D eigenvalue weighted by molar-refractivity contribution is -0.664. The lowest BCUT2D eigenvalue weighted by Gasteiger charge is -2.28. The fraction of sp³-hybridized carbons (Fsp3) is 0.417. The Kier molecular flexibility index (Phi) is 4.46. The molecule has 0 spiro atoms. The van der Waals surface area contributed by atoms with Gasteiger partial charge in [-0.25, -0.2) is 0 Å². The van der Waals surface area contributed by atoms with E-state index in [-0.39, 0.29) is 6.10 Å². The molecule has 4 heteroatoms. The Balaban J connectivity index is 2.80. The molecule has 0 fully saturated rings. The molecule has 0 aliphatic heterocycles. The van der Waals surface area contributed by atoms with Crippen molar-refractivity contribution in [1.29, 1.82) is 0 Å². The van der Waals surface area contributed by atoms with E-state index in [1.807, 2.05) is 44.2 Å². The molecule has 0 aromatic heterocycles. The average Bonchev–Trinajstić information content (AvgIpc) is 2.29. The van der Waals surface area contributed by atoms with Crippen molar-refractivity contribution in [3.8, 4) is 0 Å². The average molecular weight is 223 g/mol. The van der Waals surface area contributed by atoms with Crippen LogP contribution in [0.4, 0.5) is 0 Å². The topological polar surface area (TPSA) is 66.0 Å². The van der Waals surface area contributed by atoms with E-state index in [0.29, 0.717) is 12.9 Å². The van der Waals surface area contributed by atoms with Crippen LogP contribution in [0.2, 0.25) is 0 Å². The first kappa shape index (κ1) is 12.7. The molecule has 0 saturated heterocycles. The molecular formula is C12H17NO3. The zero-order valence-corrected chi connectivity index (χ0v) is 9.55. The molecule has 1 unspecified atom stereocenters. The predicted octanol–water partition coefficient (Wildman–Crippen LogP) is 1.13. The van der Waals surface area contributed by atoms with E-state index in [1.54, 1.807) is 0 Å². The highest BCUT2D eigenvalue weighted by Crippen LogP contribution is 2.24. The molecule has 1 atom stereocenters. The maximum atomic E-state index is 10.9. The zero-order valence-electron chi connectivity index (χ0n) is 9.55. The van der Waals surface area contributed by atoms with Gasteiger partial charge < -0.3 is 15.4 Å². The minimum absolute atomic E-state index is 0.362. The fourth-order valence-corrected chi connectivity index (χ4v) is 1.51. The largest absolute Gasteiger partial charge is 0.635 e. The van der Waals surface area contributed by atoms with Gasteiger partial charge >= 0.3 is 0 Å². The Morgan fingerprint density at radius 2 is 2.06 bits per heavy atom. The first-order valence-corrected chi connectivity index (χ1v) is 5.19. The van der Waals surface area contributed by atoms with Crippen molar-refractivity contribution in [1.82, 2.24) is 0 Å². The Bertz CT molecular complexity index is 324. The zero-order chi connectivity index (χ0) is 12.0. The van der Waals surface area contributed by atoms with Gasteiger partial charge in [-0.1, -0.05) is 30.3 Å². The van der Waals surface area contributed by atoms with Crippen molar-refractivity contribution in [3.05, 3.63) is 41.1 Å². The standard InChI is InChI=1S/C12H17NO3/c1-12(2,13-15)8-11(16-9-14)10-6-4-3-5-7-10/h3-7,9,11H,8,13H2,1-2H3. The van der Waals surface area contributed by atoms with Crippen LogP contribution in [0.15, 0.2) is 30.3 Å². The van der Waals surface area contributed by atoms with Gasteiger partial charge in [0.15, 0.2) is 0 Å². The van der Waals surface area contributed by atoms with Crippen molar-refractivity contribution in [2.24, 2.45) is 0 Å². The minimum Gasteiger partial charge on any atom is -0.635 e. The summed E-state index contributed by atoms with van der Waals surface area (Å²) >= 11 is 0. The first-order chi connectivity index (χ1) is 7.59. The monoisotopic (exact) mass is 223 g/mol. The second-order valence-corrected chi connectivity index (χ2v) is 4.44. The molecule has 0 amide bonds. The number of hydrogen-bond acceptors (Lipinski definition) is 3. The number of quaternary nitrogens is 1. The summed E-state index contributed by atoms with van der Waals surface area (Å²) in [5, 5.41) is 10.9. The first-order valence-electron chi connectivity index (χ1n) is 5.19. The molecule has 1 aromatic rings. The summed E-state index contributed by atoms with van der Waals surface area (Å²) in [7, 11) is 0. The van der Waals surface area contributed by atoms with E-state index in [4.69, 9.17) is 4.74 Å². The Hall–Kier alpha value is -1.39. The molecule has 1 rings (SSSR count). The summed E-state index contributed by atoms with van der Waals surface area (Å²) in [5.74, 6) is 0. The van der Waals surface area contributed by atoms with E-state index < -0.39 is 5.54 Å². The van der Waals surface area contributed by atoms with Crippen LogP contribution in [0.3, 0.4) is 0 Å². The highest BCUT2D eigenvalue weighted by Gasteiger charge is 2.25. The quantitative estimate of drug-likeness (QED) is 0.580. The number of hydrogen-bond donors (Lipinski definition) is 1. The SMILES string of the molecule is CC(C)(CC(OC=O)c1ccccc1)[NH2+][O-]. The summed E-state index contributed by atoms with van der Waals surface area (Å²) in [6, 6.07) is 9.42. The summed E-state index contributed by atoms with van der Waals surface area (Å²) < 4.78 is 5.03. The lowest BCUT2D eigenvalue weighted by atomic mass is 9.94. The van der Waals surface area contributed by atoms with Crippen LogP contribution < -0.4 is 5.48 Å². The van der Waals surface area contributed by atoms with Crippen molar-refractivity contribution < 1.29 is 15.0 Å². The molecule has 0 radical (unpaired) electrons. The van der Waals surface area contributed by atoms with E-state index in [0.717, 1.165) is 11.0 Å². The summed E-state index contributed by atoms with van der Waals surface area (Å²) in [4.78, 5) is 10.5. The van der Waals surface area contributed by atoms with Crippen LogP contribution in [-0.4, -0.2) is 12.0 Å². The fourth-order valence-electron chi connectivity index (χ4n) is 1.51. The van der Waals surface area contributed by atoms with Crippen molar-refractivity contribution >= 4 is 6.47 Å². The van der Waals surface area contributed by atoms with Gasteiger partial charge in [0.2, 0.25) is 0 Å². The number of benzene rings is 1. The van der Waals surface area contributed by atoms with E-state index in [9.17, 15) is 10.0 Å². The Morgan fingerprint density at radius 1 is 1.44 bits per heavy atom. The van der Waals surface area contributed by atoms with Gasteiger partial charge in [-0.2, -0.15) is 0 Å². The van der Waals surface area contributed by atoms with Crippen molar-refractivity contribution in [2.45, 2.75) is 31.9 Å². The van der Waals surface area contributed by atoms with E-state index >= 15 is 0 Å². The molecule has 0 aliphatic carbocycles. The highest BCUT2D eigenvalue weighted by atomic mass is 16.5. The van der Waals surface area contributed by atoms with Gasteiger partial charge in [-0.3, -0.25) is 4.79 Å². The van der Waals surface area contributed by atoms with E-state index in [1.165, 1.54) is 0 Å². The molecule has 16 heavy (non-hydrogen) atoms. The third-order valence-corrected chi connectivity index (χ3v) is 2.42. The molecule has 0 saturated carbocycles. The summed E-state index contributed by atoms with van der Waals surface area (Å²) in [6.07, 6.45) is 0.123. The number of carbonyl (C=O) groups excluding carboxylic acids is 1. The maximum absolute atomic E-state index is 10.9. The number of hydroxylamine groups is 1. The summed E-state index contributed by atoms with van der Waals surface area (Å²) in [5.41, 5.74) is 1.30. The van der Waals surface area contributed by atoms with E-state index in [2.05, 4.69) is 0 Å². The highest BCUT2D eigenvalue weighted by molar-refractivity contribution is 5.38. The lowest BCUT2D eigenvalue weighted by Crippen LogP contribution is -2.90. The molecule has 4 nitrogen and oxygen atoms in total. The van der Waals surface area contributed by atoms with Gasteiger partial charge in [-0.05, 0) is 19.4 Å². The minimum atomic E-state index is -0.497. The normalized spacial score (nSPS) is 13.2. The molecule has 2 N–H and O–H groups in total. The maximum Gasteiger partial charge on any atom is 0.293 e. The smallest absolute Gasteiger partial charge is 0.293 e. The van der Waals surface area contributed by atoms with Gasteiger partial charge in [0.1, 0.15) is 6.10 Å². The van der Waals surface area contributed by atoms with Crippen LogP contribution in [0.25, 0.3) is 0 Å². The molecule has 0 bridgehead atoms. The number of carbonyl (C=O) groups is 1. The Labute approximate surface area is 95.2 Å². The van der Waals surface area contributed by atoms with Gasteiger partial charge in [-0.15, -0.1) is 0 Å². The second kappa shape index (κ2) is 5.63. The van der Waals surface area contributed by atoms with Crippen molar-refractivity contribution in [2.75, 3.05) is 0 Å². The molecule has 0 aliphatic rings. The van der Waals surface area contributed by atoms with Crippen molar-refractivity contribution in [3.63, 3.8) is 0 Å². The number of nitrogens with two attached hydrogens (primary N) is 1. The van der Waals surface area contributed by atoms with Gasteiger partial charge in [0.25, 0.3) is 6.47 Å². The van der Waals surface area contributed by atoms with Gasteiger partial charge in [0.05, 0.1) is 5.54 Å². The molecular weight excluding hydrogens is 206 g/mol. The van der Waals surface area contributed by atoms with Crippen LogP contribution in [0.5, 0.6) is 0 Å². The Morgan fingerprint density at radius 3 is 2.56 bits per heavy atom. The third-order valence-electron chi connectivity index (χ3n) is 2.42. The molecule has 1 aromatic carbocycles. The summed E-state index contributed by atoms with van der Waals surface area (Å²) in [6.45, 7) is 4.08. The molecule has 0 heterocycles. The van der Waals surface area contributed by atoms with Crippen LogP contribution in [0, 0.1) is 5.21 Å². The predicted molar refractivity (Wildman–Crippen MR) is 60.3 cm³/mol. The number of rotatable bonds is 6.